The zero-order valence-corrected chi connectivity index (χ0v) is 11.8. The van der Waals surface area contributed by atoms with Crippen molar-refractivity contribution in [3.63, 3.8) is 0 Å². The SMILES string of the molecule is CSc1ccc(C(CN)N2CCCOCC2)cc1. The normalized spacial score (nSPS) is 19.4. The average molecular weight is 266 g/mol. The molecule has 1 atom stereocenters. The van der Waals surface area contributed by atoms with E-state index in [1.807, 2.05) is 0 Å². The Bertz CT molecular complexity index is 347. The molecule has 100 valence electrons. The molecule has 0 bridgehead atoms. The summed E-state index contributed by atoms with van der Waals surface area (Å²) in [4.78, 5) is 3.75. The molecule has 1 aliphatic heterocycles. The maximum absolute atomic E-state index is 5.97. The van der Waals surface area contributed by atoms with E-state index in [1.165, 1.54) is 10.5 Å². The van der Waals surface area contributed by atoms with Crippen molar-refractivity contribution >= 4 is 11.8 Å². The first-order chi connectivity index (χ1) is 8.85. The molecule has 0 amide bonds. The van der Waals surface area contributed by atoms with Gasteiger partial charge in [0.2, 0.25) is 0 Å². The number of rotatable bonds is 4. The summed E-state index contributed by atoms with van der Waals surface area (Å²) < 4.78 is 5.51. The van der Waals surface area contributed by atoms with Gasteiger partial charge in [-0.2, -0.15) is 0 Å². The molecule has 1 fully saturated rings. The summed E-state index contributed by atoms with van der Waals surface area (Å²) in [7, 11) is 0. The Balaban J connectivity index is 2.10. The minimum Gasteiger partial charge on any atom is -0.380 e. The van der Waals surface area contributed by atoms with Crippen LogP contribution in [-0.4, -0.2) is 44.0 Å². The molecule has 1 unspecified atom stereocenters. The van der Waals surface area contributed by atoms with Crippen LogP contribution in [-0.2, 0) is 4.74 Å². The molecule has 2 N–H and O–H groups in total. The topological polar surface area (TPSA) is 38.5 Å². The van der Waals surface area contributed by atoms with E-state index in [4.69, 9.17) is 10.5 Å². The van der Waals surface area contributed by atoms with Gasteiger partial charge in [-0.25, -0.2) is 0 Å². The Labute approximate surface area is 114 Å². The molecular formula is C14H22N2OS. The van der Waals surface area contributed by atoms with E-state index in [1.54, 1.807) is 11.8 Å². The van der Waals surface area contributed by atoms with E-state index in [9.17, 15) is 0 Å². The summed E-state index contributed by atoms with van der Waals surface area (Å²) in [5, 5.41) is 0. The van der Waals surface area contributed by atoms with Crippen molar-refractivity contribution < 1.29 is 4.74 Å². The molecule has 0 aromatic heterocycles. The average Bonchev–Trinajstić information content (AvgIpc) is 2.70. The number of nitrogens with zero attached hydrogens (tertiary/aromatic N) is 1. The fraction of sp³-hybridized carbons (Fsp3) is 0.571. The molecule has 1 heterocycles. The van der Waals surface area contributed by atoms with Crippen LogP contribution >= 0.6 is 11.8 Å². The minimum atomic E-state index is 0.322. The summed E-state index contributed by atoms with van der Waals surface area (Å²) in [6, 6.07) is 9.08. The number of benzene rings is 1. The highest BCUT2D eigenvalue weighted by Gasteiger charge is 2.20. The maximum Gasteiger partial charge on any atom is 0.0593 e. The van der Waals surface area contributed by atoms with Gasteiger partial charge in [0.25, 0.3) is 0 Å². The largest absolute Gasteiger partial charge is 0.380 e. The van der Waals surface area contributed by atoms with E-state index in [0.29, 0.717) is 12.6 Å². The summed E-state index contributed by atoms with van der Waals surface area (Å²) >= 11 is 1.77. The van der Waals surface area contributed by atoms with Gasteiger partial charge in [-0.15, -0.1) is 11.8 Å². The van der Waals surface area contributed by atoms with Gasteiger partial charge in [0.15, 0.2) is 0 Å². The van der Waals surface area contributed by atoms with Gasteiger partial charge in [-0.05, 0) is 30.4 Å². The lowest BCUT2D eigenvalue weighted by Crippen LogP contribution is -2.35. The van der Waals surface area contributed by atoms with E-state index >= 15 is 0 Å². The van der Waals surface area contributed by atoms with Gasteiger partial charge in [0.1, 0.15) is 0 Å². The standard InChI is InChI=1S/C14H22N2OS/c1-18-13-5-3-12(4-6-13)14(11-15)16-7-2-9-17-10-8-16/h3-6,14H,2,7-11,15H2,1H3. The summed E-state index contributed by atoms with van der Waals surface area (Å²) in [5.74, 6) is 0. The van der Waals surface area contributed by atoms with Gasteiger partial charge >= 0.3 is 0 Å². The second-order valence-electron chi connectivity index (χ2n) is 4.53. The number of hydrogen-bond donors (Lipinski definition) is 1. The van der Waals surface area contributed by atoms with E-state index in [-0.39, 0.29) is 0 Å². The fourth-order valence-corrected chi connectivity index (χ4v) is 2.81. The van der Waals surface area contributed by atoms with Crippen LogP contribution in [0.4, 0.5) is 0 Å². The molecular weight excluding hydrogens is 244 g/mol. The third kappa shape index (κ3) is 3.48. The van der Waals surface area contributed by atoms with Crippen LogP contribution in [0.2, 0.25) is 0 Å². The van der Waals surface area contributed by atoms with Crippen molar-refractivity contribution in [3.05, 3.63) is 29.8 Å². The lowest BCUT2D eigenvalue weighted by molar-refractivity contribution is 0.132. The highest BCUT2D eigenvalue weighted by Crippen LogP contribution is 2.23. The summed E-state index contributed by atoms with van der Waals surface area (Å²) in [5.41, 5.74) is 7.29. The first-order valence-corrected chi connectivity index (χ1v) is 7.73. The maximum atomic E-state index is 5.97. The highest BCUT2D eigenvalue weighted by molar-refractivity contribution is 7.98. The molecule has 2 rings (SSSR count). The zero-order chi connectivity index (χ0) is 12.8. The molecule has 0 spiro atoms. The van der Waals surface area contributed by atoms with Crippen LogP contribution in [0.15, 0.2) is 29.2 Å². The summed E-state index contributed by atoms with van der Waals surface area (Å²) in [6.45, 7) is 4.41. The van der Waals surface area contributed by atoms with Crippen molar-refractivity contribution in [2.24, 2.45) is 5.73 Å². The van der Waals surface area contributed by atoms with Crippen LogP contribution in [0.5, 0.6) is 0 Å². The second-order valence-corrected chi connectivity index (χ2v) is 5.41. The highest BCUT2D eigenvalue weighted by atomic mass is 32.2. The van der Waals surface area contributed by atoms with Crippen LogP contribution in [0.1, 0.15) is 18.0 Å². The summed E-state index contributed by atoms with van der Waals surface area (Å²) in [6.07, 6.45) is 3.20. The molecule has 4 heteroatoms. The van der Waals surface area contributed by atoms with Crippen molar-refractivity contribution in [3.8, 4) is 0 Å². The zero-order valence-electron chi connectivity index (χ0n) is 11.0. The number of hydrogen-bond acceptors (Lipinski definition) is 4. The van der Waals surface area contributed by atoms with Gasteiger partial charge in [0.05, 0.1) is 6.61 Å². The predicted molar refractivity (Wildman–Crippen MR) is 77.0 cm³/mol. The first kappa shape index (κ1) is 13.9. The van der Waals surface area contributed by atoms with Crippen LogP contribution in [0.3, 0.4) is 0 Å². The molecule has 0 radical (unpaired) electrons. The predicted octanol–water partition coefficient (Wildman–Crippen LogP) is 2.13. The quantitative estimate of drug-likeness (QED) is 0.847. The number of ether oxygens (including phenoxy) is 1. The molecule has 18 heavy (non-hydrogen) atoms. The first-order valence-electron chi connectivity index (χ1n) is 6.51. The van der Waals surface area contributed by atoms with Crippen LogP contribution in [0, 0.1) is 0 Å². The molecule has 1 saturated heterocycles. The molecule has 0 saturated carbocycles. The molecule has 1 aromatic rings. The minimum absolute atomic E-state index is 0.322. The Morgan fingerprint density at radius 3 is 2.72 bits per heavy atom. The monoisotopic (exact) mass is 266 g/mol. The smallest absolute Gasteiger partial charge is 0.0593 e. The number of thioether (sulfide) groups is 1. The molecule has 0 aliphatic carbocycles. The lowest BCUT2D eigenvalue weighted by Gasteiger charge is -2.29. The van der Waals surface area contributed by atoms with Gasteiger partial charge < -0.3 is 10.5 Å². The molecule has 1 aromatic carbocycles. The van der Waals surface area contributed by atoms with Crippen molar-refractivity contribution in [1.29, 1.82) is 0 Å². The third-order valence-electron chi connectivity index (χ3n) is 3.42. The Hall–Kier alpha value is -0.550. The third-order valence-corrected chi connectivity index (χ3v) is 4.17. The van der Waals surface area contributed by atoms with Crippen LogP contribution in [0.25, 0.3) is 0 Å². The molecule has 1 aliphatic rings. The van der Waals surface area contributed by atoms with Crippen molar-refractivity contribution in [2.45, 2.75) is 17.4 Å². The Morgan fingerprint density at radius 1 is 1.28 bits per heavy atom. The Morgan fingerprint density at radius 2 is 2.06 bits per heavy atom. The Kier molecular flexibility index (Phi) is 5.50. The van der Waals surface area contributed by atoms with Gasteiger partial charge in [-0.1, -0.05) is 12.1 Å². The number of nitrogens with two attached hydrogens (primary N) is 1. The van der Waals surface area contributed by atoms with E-state index in [0.717, 1.165) is 32.7 Å². The van der Waals surface area contributed by atoms with Crippen molar-refractivity contribution in [2.75, 3.05) is 39.1 Å². The second kappa shape index (κ2) is 7.14. The molecule has 3 nitrogen and oxygen atoms in total. The lowest BCUT2D eigenvalue weighted by atomic mass is 10.1. The van der Waals surface area contributed by atoms with E-state index < -0.39 is 0 Å². The van der Waals surface area contributed by atoms with Gasteiger partial charge in [0, 0.05) is 37.2 Å². The van der Waals surface area contributed by atoms with Crippen molar-refractivity contribution in [1.82, 2.24) is 4.90 Å². The van der Waals surface area contributed by atoms with Gasteiger partial charge in [-0.3, -0.25) is 4.90 Å². The fourth-order valence-electron chi connectivity index (χ4n) is 2.40. The van der Waals surface area contributed by atoms with E-state index in [2.05, 4.69) is 35.4 Å². The van der Waals surface area contributed by atoms with Crippen LogP contribution < -0.4 is 5.73 Å².